The Bertz CT molecular complexity index is 1190. The van der Waals surface area contributed by atoms with Crippen molar-refractivity contribution in [3.63, 3.8) is 0 Å². The number of carbonyl (C=O) groups is 1. The summed E-state index contributed by atoms with van der Waals surface area (Å²) in [6.07, 6.45) is 2.14. The molecule has 11 heteroatoms. The first kappa shape index (κ1) is 22.7. The quantitative estimate of drug-likeness (QED) is 0.517. The van der Waals surface area contributed by atoms with Gasteiger partial charge >= 0.3 is 5.69 Å². The zero-order valence-electron chi connectivity index (χ0n) is 16.6. The Labute approximate surface area is 187 Å². The van der Waals surface area contributed by atoms with Crippen molar-refractivity contribution in [2.45, 2.75) is 19.4 Å². The van der Waals surface area contributed by atoms with Gasteiger partial charge in [0.15, 0.2) is 6.61 Å². The van der Waals surface area contributed by atoms with Crippen molar-refractivity contribution in [2.75, 3.05) is 18.5 Å². The first-order chi connectivity index (χ1) is 14.5. The molecule has 1 aromatic carbocycles. The number of nitrogens with two attached hydrogens (primary N) is 1. The molecule has 1 amide bonds. The van der Waals surface area contributed by atoms with E-state index in [2.05, 4.69) is 15.5 Å². The fraction of sp³-hybridized carbons (Fsp3) is 0.250. The van der Waals surface area contributed by atoms with E-state index in [9.17, 15) is 14.0 Å². The first-order valence-electron chi connectivity index (χ1n) is 9.27. The Kier molecular flexibility index (Phi) is 6.94. The average Bonchev–Trinajstić information content (AvgIpc) is 3.38. The van der Waals surface area contributed by atoms with Crippen LogP contribution in [0.4, 0.5) is 10.1 Å². The van der Waals surface area contributed by atoms with Crippen LogP contribution in [-0.2, 0) is 4.79 Å². The monoisotopic (exact) mass is 465 g/mol. The summed E-state index contributed by atoms with van der Waals surface area (Å²) < 4.78 is 20.1. The van der Waals surface area contributed by atoms with E-state index in [0.29, 0.717) is 23.3 Å². The normalized spacial score (nSPS) is 14.3. The van der Waals surface area contributed by atoms with Crippen LogP contribution in [0.1, 0.15) is 22.9 Å². The van der Waals surface area contributed by atoms with Crippen molar-refractivity contribution in [3.8, 4) is 16.2 Å². The largest absolute Gasteiger partial charge is 0.481 e. The van der Waals surface area contributed by atoms with Crippen LogP contribution in [0.5, 0.6) is 5.75 Å². The first-order valence-corrected chi connectivity index (χ1v) is 10.1. The molecule has 0 spiro atoms. The highest BCUT2D eigenvalue weighted by molar-refractivity contribution is 7.15. The molecule has 1 aliphatic heterocycles. The predicted octanol–water partition coefficient (Wildman–Crippen LogP) is 3.15. The van der Waals surface area contributed by atoms with E-state index in [4.69, 9.17) is 10.5 Å². The number of fused-ring (bicyclic) bond motifs is 1. The predicted molar refractivity (Wildman–Crippen MR) is 120 cm³/mol. The van der Waals surface area contributed by atoms with Gasteiger partial charge in [0.1, 0.15) is 12.1 Å². The fourth-order valence-corrected chi connectivity index (χ4v) is 4.54. The molecule has 8 nitrogen and oxygen atoms in total. The molecule has 1 unspecified atom stereocenters. The van der Waals surface area contributed by atoms with Crippen LogP contribution in [0.25, 0.3) is 10.4 Å². The second-order valence-corrected chi connectivity index (χ2v) is 8.08. The molecular weight excluding hydrogens is 445 g/mol. The van der Waals surface area contributed by atoms with Crippen molar-refractivity contribution in [2.24, 2.45) is 5.73 Å². The molecule has 0 bridgehead atoms. The molecule has 0 fully saturated rings. The number of hydrogen-bond acceptors (Lipinski definition) is 6. The SMILES string of the molecule is Cc1cc(-c2ccc(C(C/C(=C\F)CN)n3cn[nH]c3=O)s2)cc2c1OCC(=O)N2.Cl. The molecule has 0 aliphatic carbocycles. The van der Waals surface area contributed by atoms with Gasteiger partial charge in [-0.2, -0.15) is 5.10 Å². The molecule has 3 heterocycles. The lowest BCUT2D eigenvalue weighted by Gasteiger charge is -2.20. The molecule has 0 radical (unpaired) electrons. The number of aryl methyl sites for hydroxylation is 1. The van der Waals surface area contributed by atoms with Crippen LogP contribution < -0.4 is 21.5 Å². The summed E-state index contributed by atoms with van der Waals surface area (Å²) in [6.45, 7) is 1.98. The van der Waals surface area contributed by atoms with Gasteiger partial charge in [-0.1, -0.05) is 0 Å². The number of amides is 1. The number of halogens is 2. The number of thiophene rings is 1. The van der Waals surface area contributed by atoms with Crippen LogP contribution in [-0.4, -0.2) is 33.8 Å². The molecule has 164 valence electrons. The summed E-state index contributed by atoms with van der Waals surface area (Å²) in [7, 11) is 0. The lowest BCUT2D eigenvalue weighted by molar-refractivity contribution is -0.118. The standard InChI is InChI=1S/C20H20FN5O3S.ClH/c1-11-4-13(6-14-19(11)29-9-18(27)24-14)16-2-3-17(30-16)15(5-12(7-21)8-22)26-10-23-25-20(26)28;/h2-4,6-7,10,15H,5,8-9,22H2,1H3,(H,24,27)(H,25,28);1H/b12-7+;. The molecule has 1 aliphatic rings. The summed E-state index contributed by atoms with van der Waals surface area (Å²) in [5.41, 5.74) is 8.09. The number of ether oxygens (including phenoxy) is 1. The van der Waals surface area contributed by atoms with Gasteiger partial charge in [-0.05, 0) is 54.3 Å². The van der Waals surface area contributed by atoms with Crippen molar-refractivity contribution in [1.82, 2.24) is 14.8 Å². The number of nitrogens with zero attached hydrogens (tertiary/aromatic N) is 2. The lowest BCUT2D eigenvalue weighted by Crippen LogP contribution is -2.25. The highest BCUT2D eigenvalue weighted by atomic mass is 35.5. The topological polar surface area (TPSA) is 115 Å². The Morgan fingerprint density at radius 2 is 2.23 bits per heavy atom. The molecular formula is C20H21ClFN5O3S. The van der Waals surface area contributed by atoms with Crippen molar-refractivity contribution >= 4 is 35.3 Å². The fourth-order valence-electron chi connectivity index (χ4n) is 3.45. The van der Waals surface area contributed by atoms with Gasteiger partial charge in [-0.25, -0.2) is 14.3 Å². The van der Waals surface area contributed by atoms with Gasteiger partial charge in [0, 0.05) is 16.3 Å². The Balaban J connectivity index is 0.00000272. The highest BCUT2D eigenvalue weighted by Gasteiger charge is 2.22. The zero-order chi connectivity index (χ0) is 21.3. The van der Waals surface area contributed by atoms with Crippen molar-refractivity contribution in [3.05, 3.63) is 63.4 Å². The van der Waals surface area contributed by atoms with E-state index < -0.39 is 6.04 Å². The number of aromatic nitrogens is 3. The smallest absolute Gasteiger partial charge is 0.343 e. The van der Waals surface area contributed by atoms with Crippen LogP contribution in [0.15, 0.2) is 47.3 Å². The number of carbonyl (C=O) groups excluding carboxylic acids is 1. The van der Waals surface area contributed by atoms with Gasteiger partial charge in [0.05, 0.1) is 18.1 Å². The Morgan fingerprint density at radius 1 is 1.42 bits per heavy atom. The molecule has 31 heavy (non-hydrogen) atoms. The number of nitrogens with one attached hydrogen (secondary N) is 2. The van der Waals surface area contributed by atoms with Crippen LogP contribution in [0.2, 0.25) is 0 Å². The summed E-state index contributed by atoms with van der Waals surface area (Å²) in [5, 5.41) is 9.00. The average molecular weight is 466 g/mol. The van der Waals surface area contributed by atoms with Crippen LogP contribution in [0.3, 0.4) is 0 Å². The number of benzene rings is 1. The molecule has 0 saturated carbocycles. The van der Waals surface area contributed by atoms with Gasteiger partial charge in [0.25, 0.3) is 5.91 Å². The lowest BCUT2D eigenvalue weighted by atomic mass is 10.0. The van der Waals surface area contributed by atoms with E-state index in [1.165, 1.54) is 22.2 Å². The van der Waals surface area contributed by atoms with E-state index in [0.717, 1.165) is 20.9 Å². The maximum absolute atomic E-state index is 13.2. The number of hydrogen-bond donors (Lipinski definition) is 3. The molecule has 4 rings (SSSR count). The maximum Gasteiger partial charge on any atom is 0.343 e. The van der Waals surface area contributed by atoms with E-state index in [-0.39, 0.29) is 43.6 Å². The number of H-pyrrole nitrogens is 1. The van der Waals surface area contributed by atoms with E-state index >= 15 is 0 Å². The molecule has 1 atom stereocenters. The summed E-state index contributed by atoms with van der Waals surface area (Å²) in [6, 6.07) is 7.24. The van der Waals surface area contributed by atoms with E-state index in [1.54, 1.807) is 0 Å². The van der Waals surface area contributed by atoms with Crippen LogP contribution in [0, 0.1) is 6.92 Å². The maximum atomic E-state index is 13.2. The third kappa shape index (κ3) is 4.55. The summed E-state index contributed by atoms with van der Waals surface area (Å²) >= 11 is 1.48. The third-order valence-corrected chi connectivity index (χ3v) is 6.16. The van der Waals surface area contributed by atoms with Crippen molar-refractivity contribution < 1.29 is 13.9 Å². The van der Waals surface area contributed by atoms with Gasteiger partial charge in [-0.15, -0.1) is 23.7 Å². The molecule has 2 aromatic heterocycles. The number of anilines is 1. The molecule has 4 N–H and O–H groups in total. The minimum Gasteiger partial charge on any atom is -0.481 e. The Hall–Kier alpha value is -2.95. The van der Waals surface area contributed by atoms with Gasteiger partial charge < -0.3 is 15.8 Å². The zero-order valence-corrected chi connectivity index (χ0v) is 18.2. The highest BCUT2D eigenvalue weighted by Crippen LogP contribution is 2.40. The second-order valence-electron chi connectivity index (χ2n) is 6.97. The summed E-state index contributed by atoms with van der Waals surface area (Å²) in [5.74, 6) is 0.469. The molecule has 3 aromatic rings. The molecule has 0 saturated heterocycles. The van der Waals surface area contributed by atoms with E-state index in [1.807, 2.05) is 31.2 Å². The van der Waals surface area contributed by atoms with Crippen LogP contribution >= 0.6 is 23.7 Å². The second kappa shape index (κ2) is 9.46. The number of rotatable bonds is 6. The number of aromatic amines is 1. The minimum absolute atomic E-state index is 0. The summed E-state index contributed by atoms with van der Waals surface area (Å²) in [4.78, 5) is 25.6. The van der Waals surface area contributed by atoms with Crippen molar-refractivity contribution in [1.29, 1.82) is 0 Å². The van der Waals surface area contributed by atoms with Gasteiger partial charge in [0.2, 0.25) is 0 Å². The Morgan fingerprint density at radius 3 is 2.90 bits per heavy atom. The van der Waals surface area contributed by atoms with Gasteiger partial charge in [-0.3, -0.25) is 9.36 Å². The third-order valence-electron chi connectivity index (χ3n) is 4.92. The minimum atomic E-state index is -0.442.